The largest absolute Gasteiger partial charge is 0.348 e. The highest BCUT2D eigenvalue weighted by atomic mass is 16.1. The van der Waals surface area contributed by atoms with Gasteiger partial charge in [-0.1, -0.05) is 0 Å². The monoisotopic (exact) mass is 212 g/mol. The summed E-state index contributed by atoms with van der Waals surface area (Å²) in [6.45, 7) is 7.90. The van der Waals surface area contributed by atoms with Crippen LogP contribution in [0.3, 0.4) is 0 Å². The van der Waals surface area contributed by atoms with Crippen LogP contribution in [0.25, 0.3) is 0 Å². The molecule has 88 valence electrons. The third-order valence-electron chi connectivity index (χ3n) is 3.45. The Morgan fingerprint density at radius 3 is 2.47 bits per heavy atom. The maximum atomic E-state index is 10.4. The molecule has 0 aromatic carbocycles. The van der Waals surface area contributed by atoms with Crippen molar-refractivity contribution in [2.75, 3.05) is 26.7 Å². The third-order valence-corrected chi connectivity index (χ3v) is 3.45. The van der Waals surface area contributed by atoms with E-state index < -0.39 is 0 Å². The van der Waals surface area contributed by atoms with Gasteiger partial charge in [0.1, 0.15) is 0 Å². The van der Waals surface area contributed by atoms with Crippen LogP contribution in [0.4, 0.5) is 0 Å². The van der Waals surface area contributed by atoms with Crippen LogP contribution in [-0.2, 0) is 4.79 Å². The van der Waals surface area contributed by atoms with Gasteiger partial charge in [0, 0.05) is 19.6 Å². The molecule has 1 aliphatic heterocycles. The van der Waals surface area contributed by atoms with Crippen molar-refractivity contribution in [2.45, 2.75) is 39.2 Å². The third kappa shape index (κ3) is 4.20. The fourth-order valence-electron chi connectivity index (χ4n) is 2.20. The molecule has 0 radical (unpaired) electrons. The van der Waals surface area contributed by atoms with E-state index in [-0.39, 0.29) is 0 Å². The average molecular weight is 212 g/mol. The van der Waals surface area contributed by atoms with Crippen molar-refractivity contribution in [3.8, 4) is 0 Å². The molecule has 0 aromatic heterocycles. The van der Waals surface area contributed by atoms with Gasteiger partial charge in [-0.05, 0) is 52.1 Å². The summed E-state index contributed by atoms with van der Waals surface area (Å²) in [6.07, 6.45) is 4.68. The van der Waals surface area contributed by atoms with Crippen molar-refractivity contribution in [1.82, 2.24) is 9.80 Å². The second-order valence-electron chi connectivity index (χ2n) is 4.95. The summed E-state index contributed by atoms with van der Waals surface area (Å²) in [6, 6.07) is 0.684. The molecule has 0 bridgehead atoms. The van der Waals surface area contributed by atoms with Gasteiger partial charge in [0.15, 0.2) is 0 Å². The molecule has 1 amide bonds. The van der Waals surface area contributed by atoms with Gasteiger partial charge in [-0.3, -0.25) is 4.79 Å². The fraction of sp³-hybridized carbons (Fsp3) is 0.917. The minimum atomic E-state index is 0.684. The van der Waals surface area contributed by atoms with Crippen LogP contribution >= 0.6 is 0 Å². The Bertz CT molecular complexity index is 186. The summed E-state index contributed by atoms with van der Waals surface area (Å²) in [5.41, 5.74) is 0. The van der Waals surface area contributed by atoms with Crippen molar-refractivity contribution >= 4 is 6.41 Å². The second-order valence-corrected chi connectivity index (χ2v) is 4.95. The van der Waals surface area contributed by atoms with Crippen molar-refractivity contribution < 1.29 is 4.79 Å². The van der Waals surface area contributed by atoms with Crippen molar-refractivity contribution in [3.63, 3.8) is 0 Å². The Kier molecular flexibility index (Phi) is 5.09. The molecule has 1 heterocycles. The number of piperidine rings is 1. The molecule has 3 heteroatoms. The Morgan fingerprint density at radius 2 is 2.00 bits per heavy atom. The predicted octanol–water partition coefficient (Wildman–Crippen LogP) is 1.59. The van der Waals surface area contributed by atoms with E-state index >= 15 is 0 Å². The molecule has 0 aromatic rings. The lowest BCUT2D eigenvalue weighted by molar-refractivity contribution is -0.117. The van der Waals surface area contributed by atoms with Crippen LogP contribution in [0.15, 0.2) is 0 Å². The molecule has 0 unspecified atom stereocenters. The minimum Gasteiger partial charge on any atom is -0.348 e. The molecule has 0 aliphatic carbocycles. The normalized spacial score (nSPS) is 19.5. The minimum absolute atomic E-state index is 0.684. The molecule has 1 saturated heterocycles. The van der Waals surface area contributed by atoms with Gasteiger partial charge in [0.2, 0.25) is 6.41 Å². The van der Waals surface area contributed by atoms with Gasteiger partial charge in [-0.25, -0.2) is 0 Å². The highest BCUT2D eigenvalue weighted by Crippen LogP contribution is 2.21. The molecule has 0 spiro atoms. The molecule has 1 fully saturated rings. The molecule has 0 atom stereocenters. The number of likely N-dealkylation sites (tertiary alicyclic amines) is 1. The van der Waals surface area contributed by atoms with E-state index in [0.29, 0.717) is 6.04 Å². The lowest BCUT2D eigenvalue weighted by Crippen LogP contribution is -2.39. The summed E-state index contributed by atoms with van der Waals surface area (Å²) in [7, 11) is 1.86. The number of carbonyl (C=O) groups is 1. The topological polar surface area (TPSA) is 23.6 Å². The van der Waals surface area contributed by atoms with E-state index in [2.05, 4.69) is 18.7 Å². The SMILES string of the molecule is CC(C)N1CCC(CCN(C)C=O)CC1. The number of hydrogen-bond acceptors (Lipinski definition) is 2. The first-order valence-electron chi connectivity index (χ1n) is 6.03. The quantitative estimate of drug-likeness (QED) is 0.646. The first-order chi connectivity index (χ1) is 7.13. The van der Waals surface area contributed by atoms with Crippen molar-refractivity contribution in [1.29, 1.82) is 0 Å². The molecule has 0 saturated carbocycles. The van der Waals surface area contributed by atoms with Crippen LogP contribution in [0.2, 0.25) is 0 Å². The number of rotatable bonds is 5. The summed E-state index contributed by atoms with van der Waals surface area (Å²) in [5.74, 6) is 0.822. The van der Waals surface area contributed by atoms with Crippen LogP contribution in [0, 0.1) is 5.92 Å². The zero-order valence-electron chi connectivity index (χ0n) is 10.3. The first kappa shape index (κ1) is 12.5. The Morgan fingerprint density at radius 1 is 1.40 bits per heavy atom. The van der Waals surface area contributed by atoms with Crippen LogP contribution in [0.1, 0.15) is 33.1 Å². The van der Waals surface area contributed by atoms with E-state index in [9.17, 15) is 4.79 Å². The summed E-state index contributed by atoms with van der Waals surface area (Å²) in [5, 5.41) is 0. The molecule has 0 N–H and O–H groups in total. The molecule has 1 aliphatic rings. The number of hydrogen-bond donors (Lipinski definition) is 0. The Hall–Kier alpha value is -0.570. The molecule has 1 rings (SSSR count). The lowest BCUT2D eigenvalue weighted by Gasteiger charge is -2.34. The lowest BCUT2D eigenvalue weighted by atomic mass is 9.93. The first-order valence-corrected chi connectivity index (χ1v) is 6.03. The maximum Gasteiger partial charge on any atom is 0.209 e. The van der Waals surface area contributed by atoms with Gasteiger partial charge in [0.25, 0.3) is 0 Å². The van der Waals surface area contributed by atoms with Crippen molar-refractivity contribution in [3.05, 3.63) is 0 Å². The summed E-state index contributed by atoms with van der Waals surface area (Å²) < 4.78 is 0. The highest BCUT2D eigenvalue weighted by Gasteiger charge is 2.20. The molecule has 15 heavy (non-hydrogen) atoms. The molecule has 3 nitrogen and oxygen atoms in total. The van der Waals surface area contributed by atoms with Gasteiger partial charge in [-0.15, -0.1) is 0 Å². The van der Waals surface area contributed by atoms with Gasteiger partial charge in [-0.2, -0.15) is 0 Å². The van der Waals surface area contributed by atoms with E-state index in [1.165, 1.54) is 32.4 Å². The predicted molar refractivity (Wildman–Crippen MR) is 62.7 cm³/mol. The van der Waals surface area contributed by atoms with Crippen molar-refractivity contribution in [2.24, 2.45) is 5.92 Å². The van der Waals surface area contributed by atoms with Gasteiger partial charge in [0.05, 0.1) is 0 Å². The number of carbonyl (C=O) groups excluding carboxylic acids is 1. The van der Waals surface area contributed by atoms with Crippen LogP contribution in [0.5, 0.6) is 0 Å². The standard InChI is InChI=1S/C12H24N2O/c1-11(2)14-8-5-12(6-9-14)4-7-13(3)10-15/h10-12H,4-9H2,1-3H3. The maximum absolute atomic E-state index is 10.4. The number of amides is 1. The van der Waals surface area contributed by atoms with E-state index in [1.54, 1.807) is 4.90 Å². The van der Waals surface area contributed by atoms with E-state index in [0.717, 1.165) is 18.9 Å². The Balaban J connectivity index is 2.17. The Labute approximate surface area is 93.4 Å². The number of nitrogens with zero attached hydrogens (tertiary/aromatic N) is 2. The zero-order chi connectivity index (χ0) is 11.3. The average Bonchev–Trinajstić information content (AvgIpc) is 2.26. The smallest absolute Gasteiger partial charge is 0.209 e. The van der Waals surface area contributed by atoms with Gasteiger partial charge >= 0.3 is 0 Å². The highest BCUT2D eigenvalue weighted by molar-refractivity contribution is 5.46. The van der Waals surface area contributed by atoms with E-state index in [4.69, 9.17) is 0 Å². The molecular weight excluding hydrogens is 188 g/mol. The van der Waals surface area contributed by atoms with Crippen LogP contribution in [-0.4, -0.2) is 48.9 Å². The zero-order valence-corrected chi connectivity index (χ0v) is 10.3. The summed E-state index contributed by atoms with van der Waals surface area (Å²) in [4.78, 5) is 14.7. The summed E-state index contributed by atoms with van der Waals surface area (Å²) >= 11 is 0. The van der Waals surface area contributed by atoms with Crippen LogP contribution < -0.4 is 0 Å². The second kappa shape index (κ2) is 6.11. The van der Waals surface area contributed by atoms with Gasteiger partial charge < -0.3 is 9.80 Å². The van der Waals surface area contributed by atoms with E-state index in [1.807, 2.05) is 7.05 Å². The molecular formula is C12H24N2O. The fourth-order valence-corrected chi connectivity index (χ4v) is 2.20.